The highest BCUT2D eigenvalue weighted by molar-refractivity contribution is 7.92. The number of para-hydroxylation sites is 1. The summed E-state index contributed by atoms with van der Waals surface area (Å²) in [5, 5.41) is 14.1. The SMILES string of the molecule is CCOc1cc(N2CCC(C(=O)N3CCC(CN4CCN(C(=O)CNC(=O)O)CC4)CC3)CC2)ccc1Nc1ncc2c(n1)N(S(C)(=O)=O)c1ccccc1C(=O)N2C. The summed E-state index contributed by atoms with van der Waals surface area (Å²) < 4.78 is 33.5. The standard InChI is InChI=1S/C40H52N10O8S/c1-4-58-34-23-29(9-10-31(34)43-39-41-24-33-36(44-39)50(59(3,56)57)32-8-6-5-7-30(32)38(53)45(33)2)47-17-13-28(14-18-47)37(52)49-15-11-27(12-16-49)26-46-19-21-48(22-20-46)35(51)25-42-40(54)55/h5-10,23-24,27-28,42H,4,11-22,25-26H2,1-3H3,(H,54,55)(H,41,43,44). The second-order valence-corrected chi connectivity index (χ2v) is 17.3. The highest BCUT2D eigenvalue weighted by Gasteiger charge is 2.36. The minimum absolute atomic E-state index is 0.0329. The van der Waals surface area contributed by atoms with E-state index in [-0.39, 0.29) is 58.9 Å². The van der Waals surface area contributed by atoms with Crippen LogP contribution in [0, 0.1) is 11.8 Å². The van der Waals surface area contributed by atoms with E-state index in [4.69, 9.17) is 9.84 Å². The fourth-order valence-corrected chi connectivity index (χ4v) is 9.34. The Morgan fingerprint density at radius 3 is 2.31 bits per heavy atom. The van der Waals surface area contributed by atoms with Crippen LogP contribution in [0.25, 0.3) is 0 Å². The predicted octanol–water partition coefficient (Wildman–Crippen LogP) is 3.17. The topological polar surface area (TPSA) is 201 Å². The highest BCUT2D eigenvalue weighted by Crippen LogP contribution is 2.41. The number of fused-ring (bicyclic) bond motifs is 2. The summed E-state index contributed by atoms with van der Waals surface area (Å²) in [6.07, 6.45) is 4.68. The molecule has 5 heterocycles. The zero-order valence-electron chi connectivity index (χ0n) is 33.7. The van der Waals surface area contributed by atoms with Crippen LogP contribution in [0.3, 0.4) is 0 Å². The Kier molecular flexibility index (Phi) is 12.4. The van der Waals surface area contributed by atoms with Crippen molar-refractivity contribution < 1.29 is 37.4 Å². The summed E-state index contributed by atoms with van der Waals surface area (Å²) in [7, 11) is -2.36. The van der Waals surface area contributed by atoms with Gasteiger partial charge in [-0.15, -0.1) is 0 Å². The Labute approximate surface area is 344 Å². The van der Waals surface area contributed by atoms with Gasteiger partial charge in [-0.3, -0.25) is 19.3 Å². The molecular formula is C40H52N10O8S. The van der Waals surface area contributed by atoms with Crippen molar-refractivity contribution >= 4 is 68.4 Å². The molecular weight excluding hydrogens is 781 g/mol. The normalized spacial score (nSPS) is 18.2. The maximum Gasteiger partial charge on any atom is 0.405 e. The van der Waals surface area contributed by atoms with Crippen molar-refractivity contribution in [3.63, 3.8) is 0 Å². The Bertz CT molecular complexity index is 2170. The Hall–Kier alpha value is -5.69. The maximum atomic E-state index is 13.6. The molecule has 2 aromatic carbocycles. The zero-order valence-corrected chi connectivity index (χ0v) is 34.5. The number of carbonyl (C=O) groups excluding carboxylic acids is 3. The van der Waals surface area contributed by atoms with Crippen molar-refractivity contribution in [2.24, 2.45) is 11.8 Å². The molecule has 7 rings (SSSR count). The number of ether oxygens (including phenoxy) is 1. The molecule has 0 bridgehead atoms. The van der Waals surface area contributed by atoms with E-state index in [0.29, 0.717) is 37.1 Å². The van der Waals surface area contributed by atoms with Crippen molar-refractivity contribution in [2.75, 3.05) is 105 Å². The summed E-state index contributed by atoms with van der Waals surface area (Å²) in [5.74, 6) is 0.825. The lowest BCUT2D eigenvalue weighted by Gasteiger charge is -2.40. The first-order valence-corrected chi connectivity index (χ1v) is 21.9. The van der Waals surface area contributed by atoms with Crippen molar-refractivity contribution in [1.82, 2.24) is 30.0 Å². The summed E-state index contributed by atoms with van der Waals surface area (Å²) in [6, 6.07) is 12.3. The van der Waals surface area contributed by atoms with Crippen LogP contribution in [0.1, 0.15) is 43.0 Å². The fraction of sp³-hybridized carbons (Fsp3) is 0.500. The van der Waals surface area contributed by atoms with Crippen molar-refractivity contribution in [3.05, 3.63) is 54.2 Å². The summed E-state index contributed by atoms with van der Waals surface area (Å²) >= 11 is 0. The second-order valence-electron chi connectivity index (χ2n) is 15.4. The molecule has 3 N–H and O–H groups in total. The Morgan fingerprint density at radius 1 is 0.915 bits per heavy atom. The number of carbonyl (C=O) groups is 4. The van der Waals surface area contributed by atoms with E-state index in [1.54, 1.807) is 36.2 Å². The van der Waals surface area contributed by atoms with E-state index in [0.717, 1.165) is 87.7 Å². The van der Waals surface area contributed by atoms with Gasteiger partial charge >= 0.3 is 6.09 Å². The molecule has 316 valence electrons. The lowest BCUT2D eigenvalue weighted by molar-refractivity contribution is -0.137. The molecule has 59 heavy (non-hydrogen) atoms. The molecule has 0 atom stereocenters. The molecule has 4 amide bonds. The third kappa shape index (κ3) is 9.30. The van der Waals surface area contributed by atoms with Crippen LogP contribution in [0.4, 0.5) is 39.3 Å². The number of hydrogen-bond acceptors (Lipinski definition) is 12. The van der Waals surface area contributed by atoms with E-state index in [1.807, 2.05) is 30.0 Å². The van der Waals surface area contributed by atoms with Gasteiger partial charge in [0.15, 0.2) is 5.82 Å². The van der Waals surface area contributed by atoms with Crippen LogP contribution < -0.4 is 29.5 Å². The molecule has 18 nitrogen and oxygen atoms in total. The molecule has 3 saturated heterocycles. The van der Waals surface area contributed by atoms with E-state index < -0.39 is 16.1 Å². The first-order valence-electron chi connectivity index (χ1n) is 20.1. The number of piperazine rings is 1. The Morgan fingerprint density at radius 2 is 1.63 bits per heavy atom. The molecule has 1 aromatic heterocycles. The van der Waals surface area contributed by atoms with Gasteiger partial charge in [0.1, 0.15) is 18.0 Å². The van der Waals surface area contributed by atoms with Gasteiger partial charge in [-0.1, -0.05) is 12.1 Å². The maximum absolute atomic E-state index is 13.6. The van der Waals surface area contributed by atoms with E-state index in [2.05, 4.69) is 30.4 Å². The average molecular weight is 833 g/mol. The van der Waals surface area contributed by atoms with Crippen molar-refractivity contribution in [2.45, 2.75) is 32.6 Å². The number of carboxylic acid groups (broad SMARTS) is 1. The number of hydrogen-bond donors (Lipinski definition) is 3. The quantitative estimate of drug-likeness (QED) is 0.255. The lowest BCUT2D eigenvalue weighted by atomic mass is 9.91. The third-order valence-electron chi connectivity index (χ3n) is 11.6. The zero-order chi connectivity index (χ0) is 41.8. The van der Waals surface area contributed by atoms with Crippen molar-refractivity contribution in [3.8, 4) is 5.75 Å². The monoisotopic (exact) mass is 832 g/mol. The molecule has 0 spiro atoms. The van der Waals surface area contributed by atoms with Gasteiger partial charge in [0.25, 0.3) is 5.91 Å². The van der Waals surface area contributed by atoms with Gasteiger partial charge in [0, 0.05) is 83.6 Å². The molecule has 3 fully saturated rings. The number of piperidine rings is 2. The number of nitrogens with zero attached hydrogens (tertiary/aromatic N) is 8. The molecule has 0 unspecified atom stereocenters. The second kappa shape index (κ2) is 17.7. The highest BCUT2D eigenvalue weighted by atomic mass is 32.2. The molecule has 4 aliphatic rings. The summed E-state index contributed by atoms with van der Waals surface area (Å²) in [6.45, 7) is 8.64. The van der Waals surface area contributed by atoms with E-state index in [1.165, 1.54) is 11.1 Å². The fourth-order valence-electron chi connectivity index (χ4n) is 8.38. The van der Waals surface area contributed by atoms with Crippen LogP contribution in [-0.4, -0.2) is 147 Å². The number of nitrogens with one attached hydrogen (secondary N) is 2. The molecule has 0 aliphatic carbocycles. The largest absolute Gasteiger partial charge is 0.492 e. The number of amides is 4. The third-order valence-corrected chi connectivity index (χ3v) is 12.6. The molecule has 19 heteroatoms. The van der Waals surface area contributed by atoms with Gasteiger partial charge in [-0.25, -0.2) is 22.5 Å². The number of benzene rings is 2. The van der Waals surface area contributed by atoms with Gasteiger partial charge in [0.2, 0.25) is 27.8 Å². The Balaban J connectivity index is 0.935. The first-order chi connectivity index (χ1) is 28.3. The number of rotatable bonds is 11. The molecule has 4 aliphatic heterocycles. The van der Waals surface area contributed by atoms with E-state index >= 15 is 0 Å². The summed E-state index contributed by atoms with van der Waals surface area (Å²) in [4.78, 5) is 68.7. The van der Waals surface area contributed by atoms with Crippen LogP contribution in [0.2, 0.25) is 0 Å². The molecule has 3 aromatic rings. The van der Waals surface area contributed by atoms with Crippen LogP contribution in [-0.2, 0) is 19.6 Å². The van der Waals surface area contributed by atoms with E-state index in [9.17, 15) is 27.6 Å². The van der Waals surface area contributed by atoms with Gasteiger partial charge in [-0.2, -0.15) is 4.98 Å². The number of aromatic nitrogens is 2. The molecule has 0 radical (unpaired) electrons. The lowest BCUT2D eigenvalue weighted by Crippen LogP contribution is -2.52. The van der Waals surface area contributed by atoms with Gasteiger partial charge in [0.05, 0.1) is 36.0 Å². The van der Waals surface area contributed by atoms with Crippen LogP contribution >= 0.6 is 0 Å². The van der Waals surface area contributed by atoms with Gasteiger partial charge < -0.3 is 40.1 Å². The number of likely N-dealkylation sites (tertiary alicyclic amines) is 1. The predicted molar refractivity (Wildman–Crippen MR) is 222 cm³/mol. The van der Waals surface area contributed by atoms with Gasteiger partial charge in [-0.05, 0) is 62.8 Å². The smallest absolute Gasteiger partial charge is 0.405 e. The minimum Gasteiger partial charge on any atom is -0.492 e. The van der Waals surface area contributed by atoms with Crippen LogP contribution in [0.5, 0.6) is 5.75 Å². The number of sulfonamides is 1. The minimum atomic E-state index is -3.92. The van der Waals surface area contributed by atoms with Crippen LogP contribution in [0.15, 0.2) is 48.7 Å². The number of anilines is 6. The summed E-state index contributed by atoms with van der Waals surface area (Å²) in [5.41, 5.74) is 2.20. The average Bonchev–Trinajstić information content (AvgIpc) is 3.32. The molecule has 0 saturated carbocycles. The first kappa shape index (κ1) is 41.5. The van der Waals surface area contributed by atoms with Crippen molar-refractivity contribution in [1.29, 1.82) is 0 Å².